The van der Waals surface area contributed by atoms with E-state index in [1.807, 2.05) is 6.07 Å². The van der Waals surface area contributed by atoms with Crippen LogP contribution in [0.3, 0.4) is 0 Å². The van der Waals surface area contributed by atoms with Gasteiger partial charge in [-0.05, 0) is 60.7 Å². The van der Waals surface area contributed by atoms with E-state index in [0.717, 1.165) is 0 Å². The molecule has 4 rings (SSSR count). The van der Waals surface area contributed by atoms with Crippen LogP contribution in [0.25, 0.3) is 11.0 Å². The molecule has 0 aliphatic rings. The van der Waals surface area contributed by atoms with Gasteiger partial charge >= 0.3 is 0 Å². The molecule has 29 heavy (non-hydrogen) atoms. The minimum absolute atomic E-state index is 0.0329. The van der Waals surface area contributed by atoms with Crippen molar-refractivity contribution in [2.45, 2.75) is 0 Å². The lowest BCUT2D eigenvalue weighted by Crippen LogP contribution is -2.15. The van der Waals surface area contributed by atoms with Gasteiger partial charge in [-0.25, -0.2) is 4.39 Å². The van der Waals surface area contributed by atoms with Gasteiger partial charge in [0.1, 0.15) is 11.4 Å². The molecule has 4 nitrogen and oxygen atoms in total. The zero-order valence-corrected chi connectivity index (χ0v) is 15.9. The van der Waals surface area contributed by atoms with Crippen molar-refractivity contribution in [3.05, 3.63) is 101 Å². The maximum absolute atomic E-state index is 13.2. The summed E-state index contributed by atoms with van der Waals surface area (Å²) in [5, 5.41) is 4.27. The predicted molar refractivity (Wildman–Crippen MR) is 110 cm³/mol. The van der Waals surface area contributed by atoms with E-state index < -0.39 is 11.6 Å². The van der Waals surface area contributed by atoms with Crippen LogP contribution >= 0.6 is 11.6 Å². The third kappa shape index (κ3) is 3.91. The number of hydrogen-bond acceptors (Lipinski definition) is 4. The van der Waals surface area contributed by atoms with E-state index in [4.69, 9.17) is 16.0 Å². The molecule has 0 unspecified atom stereocenters. The third-order valence-electron chi connectivity index (χ3n) is 4.50. The summed E-state index contributed by atoms with van der Waals surface area (Å²) < 4.78 is 19.0. The summed E-state index contributed by atoms with van der Waals surface area (Å²) in [5.41, 5.74) is 1.73. The van der Waals surface area contributed by atoms with Crippen molar-refractivity contribution in [2.24, 2.45) is 0 Å². The normalized spacial score (nSPS) is 10.8. The monoisotopic (exact) mass is 407 g/mol. The zero-order valence-electron chi connectivity index (χ0n) is 15.1. The van der Waals surface area contributed by atoms with Crippen molar-refractivity contribution < 1.29 is 18.4 Å². The van der Waals surface area contributed by atoms with Gasteiger partial charge in [-0.15, -0.1) is 0 Å². The molecule has 0 aliphatic carbocycles. The summed E-state index contributed by atoms with van der Waals surface area (Å²) >= 11 is 5.86. The molecule has 1 heterocycles. The standard InChI is InChI=1S/C23H15ClFNO3/c24-16-9-5-14(6-10-16)19(27)13-26-21-18-3-1-2-4-20(18)29-23(21)22(28)15-7-11-17(25)12-8-15/h1-12,26H,13H2. The molecule has 4 aromatic rings. The van der Waals surface area contributed by atoms with E-state index in [2.05, 4.69) is 5.32 Å². The highest BCUT2D eigenvalue weighted by Crippen LogP contribution is 2.32. The number of furan rings is 1. The molecule has 0 bridgehead atoms. The summed E-state index contributed by atoms with van der Waals surface area (Å²) in [6.07, 6.45) is 0. The van der Waals surface area contributed by atoms with Crippen molar-refractivity contribution in [3.63, 3.8) is 0 Å². The second-order valence-electron chi connectivity index (χ2n) is 6.42. The van der Waals surface area contributed by atoms with Gasteiger partial charge in [0.2, 0.25) is 5.78 Å². The van der Waals surface area contributed by atoms with Crippen molar-refractivity contribution in [1.29, 1.82) is 0 Å². The number of para-hydroxylation sites is 1. The molecule has 0 spiro atoms. The number of nitrogens with one attached hydrogen (secondary N) is 1. The van der Waals surface area contributed by atoms with Gasteiger partial charge < -0.3 is 9.73 Å². The van der Waals surface area contributed by atoms with Crippen LogP contribution in [0.1, 0.15) is 26.5 Å². The average Bonchev–Trinajstić information content (AvgIpc) is 3.11. The number of halogens is 2. The van der Waals surface area contributed by atoms with Crippen molar-refractivity contribution in [2.75, 3.05) is 11.9 Å². The highest BCUT2D eigenvalue weighted by molar-refractivity contribution is 6.30. The number of rotatable bonds is 6. The van der Waals surface area contributed by atoms with Gasteiger partial charge in [-0.2, -0.15) is 0 Å². The lowest BCUT2D eigenvalue weighted by atomic mass is 10.1. The molecular formula is C23H15ClFNO3. The third-order valence-corrected chi connectivity index (χ3v) is 4.75. The molecule has 0 saturated carbocycles. The fourth-order valence-electron chi connectivity index (χ4n) is 3.02. The number of hydrogen-bond donors (Lipinski definition) is 1. The van der Waals surface area contributed by atoms with Crippen LogP contribution in [0.15, 0.2) is 77.2 Å². The molecule has 1 aromatic heterocycles. The molecule has 0 amide bonds. The first-order chi connectivity index (χ1) is 14.0. The summed E-state index contributed by atoms with van der Waals surface area (Å²) in [5.74, 6) is -0.922. The summed E-state index contributed by atoms with van der Waals surface area (Å²) in [6, 6.07) is 18.9. The average molecular weight is 408 g/mol. The van der Waals surface area contributed by atoms with Crippen LogP contribution < -0.4 is 5.32 Å². The van der Waals surface area contributed by atoms with E-state index in [-0.39, 0.29) is 23.7 Å². The lowest BCUT2D eigenvalue weighted by molar-refractivity contribution is 0.0997. The maximum atomic E-state index is 13.2. The minimum atomic E-state index is -0.432. The van der Waals surface area contributed by atoms with Gasteiger partial charge in [-0.1, -0.05) is 23.7 Å². The highest BCUT2D eigenvalue weighted by atomic mass is 35.5. The van der Waals surface area contributed by atoms with Crippen LogP contribution in [-0.2, 0) is 0 Å². The Kier molecular flexibility index (Phi) is 5.14. The molecule has 1 N–H and O–H groups in total. The Bertz CT molecular complexity index is 1200. The molecule has 144 valence electrons. The lowest BCUT2D eigenvalue weighted by Gasteiger charge is -2.07. The van der Waals surface area contributed by atoms with E-state index in [0.29, 0.717) is 27.2 Å². The SMILES string of the molecule is O=C(CNc1c(C(=O)c2ccc(F)cc2)oc2ccccc12)c1ccc(Cl)cc1. The minimum Gasteiger partial charge on any atom is -0.450 e. The number of carbonyl (C=O) groups excluding carboxylic acids is 2. The van der Waals surface area contributed by atoms with Crippen LogP contribution in [0.2, 0.25) is 5.02 Å². The number of benzene rings is 3. The number of ketones is 2. The Morgan fingerprint density at radius 3 is 2.28 bits per heavy atom. The molecular weight excluding hydrogens is 393 g/mol. The predicted octanol–water partition coefficient (Wildman–Crippen LogP) is 5.75. The number of carbonyl (C=O) groups is 2. The maximum Gasteiger partial charge on any atom is 0.230 e. The van der Waals surface area contributed by atoms with E-state index in [1.54, 1.807) is 42.5 Å². The van der Waals surface area contributed by atoms with Crippen LogP contribution in [0, 0.1) is 5.82 Å². The second-order valence-corrected chi connectivity index (χ2v) is 6.86. The first kappa shape index (κ1) is 18.9. The molecule has 0 fully saturated rings. The summed E-state index contributed by atoms with van der Waals surface area (Å²) in [6.45, 7) is -0.0329. The van der Waals surface area contributed by atoms with E-state index in [1.165, 1.54) is 24.3 Å². The quantitative estimate of drug-likeness (QED) is 0.413. The second kappa shape index (κ2) is 7.89. The Morgan fingerprint density at radius 2 is 1.55 bits per heavy atom. The van der Waals surface area contributed by atoms with Gasteiger partial charge in [0.15, 0.2) is 11.5 Å². The molecule has 0 radical (unpaired) electrons. The number of anilines is 1. The molecule has 3 aromatic carbocycles. The fraction of sp³-hybridized carbons (Fsp3) is 0.0435. The van der Waals surface area contributed by atoms with Gasteiger partial charge in [-0.3, -0.25) is 9.59 Å². The number of Topliss-reactive ketones (excluding diaryl/α,β-unsaturated/α-hetero) is 1. The van der Waals surface area contributed by atoms with E-state index in [9.17, 15) is 14.0 Å². The van der Waals surface area contributed by atoms with Crippen molar-refractivity contribution in [1.82, 2.24) is 0 Å². The summed E-state index contributed by atoms with van der Waals surface area (Å²) in [7, 11) is 0. The number of fused-ring (bicyclic) bond motifs is 1. The molecule has 0 aliphatic heterocycles. The highest BCUT2D eigenvalue weighted by Gasteiger charge is 2.22. The Morgan fingerprint density at radius 1 is 0.897 bits per heavy atom. The van der Waals surface area contributed by atoms with Crippen LogP contribution in [0.5, 0.6) is 0 Å². The molecule has 6 heteroatoms. The molecule has 0 atom stereocenters. The van der Waals surface area contributed by atoms with Crippen molar-refractivity contribution >= 4 is 39.8 Å². The first-order valence-electron chi connectivity index (χ1n) is 8.87. The Balaban J connectivity index is 1.66. The smallest absolute Gasteiger partial charge is 0.230 e. The summed E-state index contributed by atoms with van der Waals surface area (Å²) in [4.78, 5) is 25.5. The van der Waals surface area contributed by atoms with Crippen LogP contribution in [0.4, 0.5) is 10.1 Å². The fourth-order valence-corrected chi connectivity index (χ4v) is 3.15. The van der Waals surface area contributed by atoms with Crippen LogP contribution in [-0.4, -0.2) is 18.1 Å². The zero-order chi connectivity index (χ0) is 20.4. The topological polar surface area (TPSA) is 59.3 Å². The Hall–Kier alpha value is -3.44. The largest absolute Gasteiger partial charge is 0.450 e. The van der Waals surface area contributed by atoms with Gasteiger partial charge in [0.05, 0.1) is 12.2 Å². The molecule has 0 saturated heterocycles. The first-order valence-corrected chi connectivity index (χ1v) is 9.25. The Labute approximate surface area is 170 Å². The van der Waals surface area contributed by atoms with Gasteiger partial charge in [0, 0.05) is 21.5 Å². The van der Waals surface area contributed by atoms with E-state index >= 15 is 0 Å². The van der Waals surface area contributed by atoms with Crippen molar-refractivity contribution in [3.8, 4) is 0 Å². The van der Waals surface area contributed by atoms with Gasteiger partial charge in [0.25, 0.3) is 0 Å².